The summed E-state index contributed by atoms with van der Waals surface area (Å²) in [5.41, 5.74) is 1.04. The second kappa shape index (κ2) is 9.34. The van der Waals surface area contributed by atoms with E-state index in [1.54, 1.807) is 18.2 Å². The highest BCUT2D eigenvalue weighted by Gasteiger charge is 2.24. The molecule has 5 nitrogen and oxygen atoms in total. The highest BCUT2D eigenvalue weighted by Crippen LogP contribution is 2.27. The van der Waals surface area contributed by atoms with Crippen LogP contribution in [0, 0.1) is 11.7 Å². The lowest BCUT2D eigenvalue weighted by molar-refractivity contribution is 0.102. The van der Waals surface area contributed by atoms with Gasteiger partial charge in [-0.1, -0.05) is 11.6 Å². The summed E-state index contributed by atoms with van der Waals surface area (Å²) in [7, 11) is 0. The largest absolute Gasteiger partial charge is 0.368 e. The normalized spacial score (nSPS) is 14.9. The van der Waals surface area contributed by atoms with Crippen LogP contribution >= 0.6 is 11.6 Å². The monoisotopic (exact) mass is 404 g/mol. The predicted octanol–water partition coefficient (Wildman–Crippen LogP) is 4.34. The molecule has 1 saturated heterocycles. The van der Waals surface area contributed by atoms with Crippen LogP contribution in [0.1, 0.15) is 37.0 Å². The fraction of sp³-hybridized carbons (Fsp3) is 0.429. The smallest absolute Gasteiger partial charge is 0.259 e. The van der Waals surface area contributed by atoms with E-state index in [2.05, 4.69) is 34.4 Å². The van der Waals surface area contributed by atoms with Crippen LogP contribution in [0.3, 0.4) is 0 Å². The van der Waals surface area contributed by atoms with Gasteiger partial charge in [-0.2, -0.15) is 0 Å². The van der Waals surface area contributed by atoms with Crippen molar-refractivity contribution in [3.8, 4) is 0 Å². The molecule has 1 amide bonds. The summed E-state index contributed by atoms with van der Waals surface area (Å²) < 4.78 is 14.0. The Labute approximate surface area is 170 Å². The average Bonchev–Trinajstić information content (AvgIpc) is 2.68. The summed E-state index contributed by atoms with van der Waals surface area (Å²) in [4.78, 5) is 19.2. The third-order valence-corrected chi connectivity index (χ3v) is 5.24. The quantitative estimate of drug-likeness (QED) is 0.751. The summed E-state index contributed by atoms with van der Waals surface area (Å²) in [6, 6.07) is 7.84. The Morgan fingerprint density at radius 2 is 2.07 bits per heavy atom. The van der Waals surface area contributed by atoms with Crippen molar-refractivity contribution in [2.45, 2.75) is 32.7 Å². The van der Waals surface area contributed by atoms with E-state index in [1.165, 1.54) is 18.3 Å². The van der Waals surface area contributed by atoms with Gasteiger partial charge in [-0.3, -0.25) is 4.79 Å². The second-order valence-electron chi connectivity index (χ2n) is 7.42. The van der Waals surface area contributed by atoms with Gasteiger partial charge in [0.1, 0.15) is 11.6 Å². The first-order valence-corrected chi connectivity index (χ1v) is 10.0. The Kier molecular flexibility index (Phi) is 6.86. The number of aromatic nitrogens is 1. The van der Waals surface area contributed by atoms with Gasteiger partial charge in [0.15, 0.2) is 0 Å². The molecule has 28 heavy (non-hydrogen) atoms. The van der Waals surface area contributed by atoms with Gasteiger partial charge in [0.25, 0.3) is 5.91 Å². The summed E-state index contributed by atoms with van der Waals surface area (Å²) in [5, 5.41) is 6.60. The number of nitrogens with one attached hydrogen (secondary N) is 2. The number of rotatable bonds is 6. The lowest BCUT2D eigenvalue weighted by atomic mass is 9.96. The number of piperidine rings is 1. The standard InChI is InChI=1S/C21H26ClFN4O/c1-14(2)27(13-15-7-9-24-10-8-15)19-5-4-17(23)11-18(19)21(28)26-20-6-3-16(22)12-25-20/h3-6,11-12,14-15,24H,7-10,13H2,1-2H3,(H,25,26,28). The lowest BCUT2D eigenvalue weighted by Gasteiger charge is -2.35. The highest BCUT2D eigenvalue weighted by molar-refractivity contribution is 6.30. The molecule has 1 aromatic heterocycles. The molecule has 0 aliphatic carbocycles. The van der Waals surface area contributed by atoms with E-state index in [0.717, 1.165) is 38.2 Å². The number of nitrogens with zero attached hydrogens (tertiary/aromatic N) is 2. The number of anilines is 2. The highest BCUT2D eigenvalue weighted by atomic mass is 35.5. The van der Waals surface area contributed by atoms with E-state index in [4.69, 9.17) is 11.6 Å². The molecule has 1 aliphatic rings. The Balaban J connectivity index is 1.86. The third kappa shape index (κ3) is 5.20. The maximum Gasteiger partial charge on any atom is 0.259 e. The molecule has 2 N–H and O–H groups in total. The first-order valence-electron chi connectivity index (χ1n) is 9.64. The van der Waals surface area contributed by atoms with Gasteiger partial charge in [-0.05, 0) is 76.0 Å². The minimum Gasteiger partial charge on any atom is -0.368 e. The molecule has 2 aromatic rings. The van der Waals surface area contributed by atoms with Gasteiger partial charge in [0, 0.05) is 24.5 Å². The zero-order valence-corrected chi connectivity index (χ0v) is 17.0. The summed E-state index contributed by atoms with van der Waals surface area (Å²) in [5.74, 6) is 0.0884. The number of halogens is 2. The van der Waals surface area contributed by atoms with Crippen molar-refractivity contribution in [2.75, 3.05) is 29.9 Å². The van der Waals surface area contributed by atoms with E-state index >= 15 is 0 Å². The number of hydrogen-bond donors (Lipinski definition) is 2. The summed E-state index contributed by atoms with van der Waals surface area (Å²) in [6.07, 6.45) is 3.66. The Morgan fingerprint density at radius 1 is 1.32 bits per heavy atom. The molecule has 0 spiro atoms. The number of amides is 1. The fourth-order valence-electron chi connectivity index (χ4n) is 3.50. The SMILES string of the molecule is CC(C)N(CC1CCNCC1)c1ccc(F)cc1C(=O)Nc1ccc(Cl)cn1. The van der Waals surface area contributed by atoms with E-state index in [0.29, 0.717) is 22.3 Å². The molecular formula is C21H26ClFN4O. The number of hydrogen-bond acceptors (Lipinski definition) is 4. The molecule has 2 heterocycles. The van der Waals surface area contributed by atoms with Crippen molar-refractivity contribution in [2.24, 2.45) is 5.92 Å². The number of benzene rings is 1. The molecule has 0 radical (unpaired) electrons. The molecule has 0 unspecified atom stereocenters. The van der Waals surface area contributed by atoms with Crippen LogP contribution in [0.15, 0.2) is 36.5 Å². The molecule has 150 valence electrons. The van der Waals surface area contributed by atoms with Crippen molar-refractivity contribution >= 4 is 29.0 Å². The van der Waals surface area contributed by atoms with Crippen LogP contribution in [-0.2, 0) is 0 Å². The van der Waals surface area contributed by atoms with Crippen LogP contribution in [0.5, 0.6) is 0 Å². The zero-order valence-electron chi connectivity index (χ0n) is 16.2. The topological polar surface area (TPSA) is 57.3 Å². The van der Waals surface area contributed by atoms with Crippen molar-refractivity contribution in [3.63, 3.8) is 0 Å². The molecule has 3 rings (SSSR count). The Hall–Kier alpha value is -2.18. The average molecular weight is 405 g/mol. The van der Waals surface area contributed by atoms with Gasteiger partial charge >= 0.3 is 0 Å². The Bertz CT molecular complexity index is 807. The van der Waals surface area contributed by atoms with Gasteiger partial charge in [0.2, 0.25) is 0 Å². The van der Waals surface area contributed by atoms with E-state index in [-0.39, 0.29) is 11.9 Å². The fourth-order valence-corrected chi connectivity index (χ4v) is 3.62. The van der Waals surface area contributed by atoms with Crippen LogP contribution < -0.4 is 15.5 Å². The molecular weight excluding hydrogens is 379 g/mol. The molecule has 1 aliphatic heterocycles. The number of carbonyl (C=O) groups is 1. The molecule has 0 saturated carbocycles. The lowest BCUT2D eigenvalue weighted by Crippen LogP contribution is -2.40. The van der Waals surface area contributed by atoms with Crippen LogP contribution in [0.4, 0.5) is 15.9 Å². The van der Waals surface area contributed by atoms with E-state index < -0.39 is 5.82 Å². The maximum atomic E-state index is 14.0. The van der Waals surface area contributed by atoms with Crippen LogP contribution in [0.2, 0.25) is 5.02 Å². The van der Waals surface area contributed by atoms with Gasteiger partial charge < -0.3 is 15.5 Å². The van der Waals surface area contributed by atoms with Crippen molar-refractivity contribution in [3.05, 3.63) is 52.9 Å². The maximum absolute atomic E-state index is 14.0. The van der Waals surface area contributed by atoms with Gasteiger partial charge in [-0.15, -0.1) is 0 Å². The second-order valence-corrected chi connectivity index (χ2v) is 7.85. The Morgan fingerprint density at radius 3 is 2.71 bits per heavy atom. The molecule has 7 heteroatoms. The first kappa shape index (κ1) is 20.6. The van der Waals surface area contributed by atoms with Crippen molar-refractivity contribution < 1.29 is 9.18 Å². The molecule has 1 aromatic carbocycles. The predicted molar refractivity (Wildman–Crippen MR) is 112 cm³/mol. The minimum absolute atomic E-state index is 0.181. The van der Waals surface area contributed by atoms with Crippen molar-refractivity contribution in [1.82, 2.24) is 10.3 Å². The zero-order chi connectivity index (χ0) is 20.1. The molecule has 0 bridgehead atoms. The van der Waals surface area contributed by atoms with Gasteiger partial charge in [-0.25, -0.2) is 9.37 Å². The van der Waals surface area contributed by atoms with Crippen LogP contribution in [-0.4, -0.2) is 36.6 Å². The first-order chi connectivity index (χ1) is 13.4. The van der Waals surface area contributed by atoms with E-state index in [1.807, 2.05) is 0 Å². The summed E-state index contributed by atoms with van der Waals surface area (Å²) >= 11 is 5.84. The van der Waals surface area contributed by atoms with Crippen molar-refractivity contribution in [1.29, 1.82) is 0 Å². The minimum atomic E-state index is -0.441. The number of pyridine rings is 1. The van der Waals surface area contributed by atoms with Crippen LogP contribution in [0.25, 0.3) is 0 Å². The number of carbonyl (C=O) groups excluding carboxylic acids is 1. The third-order valence-electron chi connectivity index (χ3n) is 5.02. The molecule has 1 fully saturated rings. The van der Waals surface area contributed by atoms with E-state index in [9.17, 15) is 9.18 Å². The summed E-state index contributed by atoms with van der Waals surface area (Å²) in [6.45, 7) is 7.04. The molecule has 0 atom stereocenters. The van der Waals surface area contributed by atoms with Gasteiger partial charge in [0.05, 0.1) is 10.6 Å².